The Bertz CT molecular complexity index is 600. The number of nitrogen functional groups attached to an aromatic ring is 1. The highest BCUT2D eigenvalue weighted by Gasteiger charge is 2.04. The molecule has 2 rings (SSSR count). The van der Waals surface area contributed by atoms with Crippen molar-refractivity contribution in [3.05, 3.63) is 47.9 Å². The molecule has 0 saturated heterocycles. The van der Waals surface area contributed by atoms with Crippen LogP contribution in [0, 0.1) is 6.92 Å². The lowest BCUT2D eigenvalue weighted by atomic mass is 10.2. The zero-order valence-electron chi connectivity index (χ0n) is 12.0. The highest BCUT2D eigenvalue weighted by molar-refractivity contribution is 5.93. The van der Waals surface area contributed by atoms with Gasteiger partial charge in [-0.1, -0.05) is 0 Å². The second-order valence-electron chi connectivity index (χ2n) is 4.66. The number of pyridine rings is 2. The summed E-state index contributed by atoms with van der Waals surface area (Å²) in [7, 11) is 0. The third-order valence-electron chi connectivity index (χ3n) is 3.08. The molecule has 6 heteroatoms. The van der Waals surface area contributed by atoms with Crippen molar-refractivity contribution >= 4 is 17.4 Å². The van der Waals surface area contributed by atoms with Crippen molar-refractivity contribution in [1.29, 1.82) is 0 Å². The van der Waals surface area contributed by atoms with Crippen LogP contribution in [0.1, 0.15) is 22.3 Å². The van der Waals surface area contributed by atoms with Gasteiger partial charge in [-0.2, -0.15) is 0 Å². The molecule has 21 heavy (non-hydrogen) atoms. The lowest BCUT2D eigenvalue weighted by Gasteiger charge is -2.10. The number of nitrogens with two attached hydrogens (primary N) is 1. The molecule has 0 radical (unpaired) electrons. The van der Waals surface area contributed by atoms with Gasteiger partial charge in [0.2, 0.25) is 0 Å². The molecule has 0 aliphatic heterocycles. The summed E-state index contributed by atoms with van der Waals surface area (Å²) >= 11 is 0. The lowest BCUT2D eigenvalue weighted by molar-refractivity contribution is 0.0953. The maximum Gasteiger partial charge on any atom is 0.251 e. The molecule has 0 spiro atoms. The molecule has 2 aromatic heterocycles. The summed E-state index contributed by atoms with van der Waals surface area (Å²) in [6.45, 7) is 3.22. The first-order valence-electron chi connectivity index (χ1n) is 6.81. The Balaban J connectivity index is 1.71. The molecular formula is C15H19N5O. The molecule has 0 fully saturated rings. The number of aromatic nitrogens is 2. The van der Waals surface area contributed by atoms with Gasteiger partial charge in [0.25, 0.3) is 5.91 Å². The second kappa shape index (κ2) is 7.23. The van der Waals surface area contributed by atoms with Gasteiger partial charge in [-0.15, -0.1) is 0 Å². The van der Waals surface area contributed by atoms with Crippen LogP contribution in [0.4, 0.5) is 11.5 Å². The molecule has 1 amide bonds. The first kappa shape index (κ1) is 14.8. The Kier molecular flexibility index (Phi) is 5.09. The summed E-state index contributed by atoms with van der Waals surface area (Å²) in [5.74, 6) is 0.598. The average molecular weight is 285 g/mol. The van der Waals surface area contributed by atoms with E-state index in [2.05, 4.69) is 20.6 Å². The number of rotatable bonds is 6. The van der Waals surface area contributed by atoms with Crippen LogP contribution in [0.25, 0.3) is 0 Å². The Morgan fingerprint density at radius 3 is 2.71 bits per heavy atom. The van der Waals surface area contributed by atoms with Gasteiger partial charge in [0.05, 0.1) is 5.69 Å². The first-order valence-corrected chi connectivity index (χ1v) is 6.81. The van der Waals surface area contributed by atoms with Gasteiger partial charge in [-0.3, -0.25) is 9.78 Å². The fraction of sp³-hybridized carbons (Fsp3) is 0.267. The molecular weight excluding hydrogens is 266 g/mol. The highest BCUT2D eigenvalue weighted by atomic mass is 16.1. The Hall–Kier alpha value is -2.63. The van der Waals surface area contributed by atoms with Crippen LogP contribution in [0.2, 0.25) is 0 Å². The van der Waals surface area contributed by atoms with E-state index < -0.39 is 0 Å². The second-order valence-corrected chi connectivity index (χ2v) is 4.66. The van der Waals surface area contributed by atoms with Crippen LogP contribution in [0.15, 0.2) is 36.8 Å². The Morgan fingerprint density at radius 1 is 1.19 bits per heavy atom. The van der Waals surface area contributed by atoms with Gasteiger partial charge in [0, 0.05) is 37.2 Å². The normalized spacial score (nSPS) is 10.1. The van der Waals surface area contributed by atoms with Crippen molar-refractivity contribution in [2.45, 2.75) is 13.3 Å². The Labute approximate surface area is 123 Å². The van der Waals surface area contributed by atoms with Crippen molar-refractivity contribution in [2.24, 2.45) is 0 Å². The van der Waals surface area contributed by atoms with E-state index in [0.29, 0.717) is 30.2 Å². The molecule has 0 aliphatic carbocycles. The minimum atomic E-state index is -0.0920. The van der Waals surface area contributed by atoms with E-state index >= 15 is 0 Å². The zero-order valence-corrected chi connectivity index (χ0v) is 12.0. The summed E-state index contributed by atoms with van der Waals surface area (Å²) in [6.07, 6.45) is 5.70. The lowest BCUT2D eigenvalue weighted by Crippen LogP contribution is -2.25. The van der Waals surface area contributed by atoms with Gasteiger partial charge in [-0.05, 0) is 37.1 Å². The molecule has 0 aliphatic rings. The smallest absolute Gasteiger partial charge is 0.251 e. The highest BCUT2D eigenvalue weighted by Crippen LogP contribution is 2.18. The predicted octanol–water partition coefficient (Wildman–Crippen LogP) is 1.60. The summed E-state index contributed by atoms with van der Waals surface area (Å²) < 4.78 is 0. The van der Waals surface area contributed by atoms with Crippen LogP contribution >= 0.6 is 0 Å². The van der Waals surface area contributed by atoms with E-state index in [-0.39, 0.29) is 5.91 Å². The molecule has 2 heterocycles. The number of aryl methyl sites for hydroxylation is 1. The Morgan fingerprint density at radius 2 is 1.95 bits per heavy atom. The molecule has 6 nitrogen and oxygen atoms in total. The number of nitrogens with zero attached hydrogens (tertiary/aromatic N) is 2. The van der Waals surface area contributed by atoms with Gasteiger partial charge < -0.3 is 16.4 Å². The molecule has 0 bridgehead atoms. The van der Waals surface area contributed by atoms with Crippen LogP contribution in [-0.4, -0.2) is 29.0 Å². The number of amides is 1. The van der Waals surface area contributed by atoms with Gasteiger partial charge in [0.15, 0.2) is 0 Å². The molecule has 0 aromatic carbocycles. The van der Waals surface area contributed by atoms with Crippen molar-refractivity contribution in [1.82, 2.24) is 15.3 Å². The van der Waals surface area contributed by atoms with E-state index in [9.17, 15) is 4.79 Å². The van der Waals surface area contributed by atoms with Crippen molar-refractivity contribution in [3.8, 4) is 0 Å². The number of carbonyl (C=O) groups is 1. The van der Waals surface area contributed by atoms with E-state index in [1.807, 2.05) is 13.0 Å². The van der Waals surface area contributed by atoms with Gasteiger partial charge in [0.1, 0.15) is 5.82 Å². The quantitative estimate of drug-likeness (QED) is 0.701. The van der Waals surface area contributed by atoms with Crippen molar-refractivity contribution < 1.29 is 4.79 Å². The molecule has 4 N–H and O–H groups in total. The molecule has 0 saturated carbocycles. The van der Waals surface area contributed by atoms with E-state index in [1.54, 1.807) is 30.7 Å². The van der Waals surface area contributed by atoms with Crippen molar-refractivity contribution in [3.63, 3.8) is 0 Å². The van der Waals surface area contributed by atoms with Crippen LogP contribution < -0.4 is 16.4 Å². The number of nitrogens with one attached hydrogen (secondary N) is 2. The van der Waals surface area contributed by atoms with E-state index in [0.717, 1.165) is 12.0 Å². The van der Waals surface area contributed by atoms with Gasteiger partial charge >= 0.3 is 0 Å². The average Bonchev–Trinajstić information content (AvgIpc) is 2.51. The fourth-order valence-corrected chi connectivity index (χ4v) is 1.81. The zero-order chi connectivity index (χ0) is 15.1. The topological polar surface area (TPSA) is 92.9 Å². The molecule has 2 aromatic rings. The standard InChI is InChI=1S/C15H19N5O/c1-11-3-10-19-14(13(11)16)18-6-2-7-20-15(21)12-4-8-17-9-5-12/h3-5,8-10H,2,6-7,16H2,1H3,(H,18,19)(H,20,21). The summed E-state index contributed by atoms with van der Waals surface area (Å²) in [6, 6.07) is 5.24. The van der Waals surface area contributed by atoms with E-state index in [4.69, 9.17) is 5.73 Å². The van der Waals surface area contributed by atoms with Gasteiger partial charge in [-0.25, -0.2) is 4.98 Å². The van der Waals surface area contributed by atoms with Crippen molar-refractivity contribution in [2.75, 3.05) is 24.1 Å². The number of carbonyl (C=O) groups excluding carboxylic acids is 1. The first-order chi connectivity index (χ1) is 10.2. The monoisotopic (exact) mass is 285 g/mol. The minimum Gasteiger partial charge on any atom is -0.396 e. The third-order valence-corrected chi connectivity index (χ3v) is 3.08. The number of hydrogen-bond donors (Lipinski definition) is 3. The van der Waals surface area contributed by atoms with Crippen LogP contribution in [0.3, 0.4) is 0 Å². The van der Waals surface area contributed by atoms with Crippen LogP contribution in [-0.2, 0) is 0 Å². The molecule has 0 unspecified atom stereocenters. The minimum absolute atomic E-state index is 0.0920. The molecule has 0 atom stereocenters. The van der Waals surface area contributed by atoms with E-state index in [1.165, 1.54) is 0 Å². The number of hydrogen-bond acceptors (Lipinski definition) is 5. The number of anilines is 2. The predicted molar refractivity (Wildman–Crippen MR) is 83.1 cm³/mol. The maximum atomic E-state index is 11.8. The summed E-state index contributed by atoms with van der Waals surface area (Å²) in [5, 5.41) is 6.02. The SMILES string of the molecule is Cc1ccnc(NCCCNC(=O)c2ccncc2)c1N. The largest absolute Gasteiger partial charge is 0.396 e. The molecule has 110 valence electrons. The van der Waals surface area contributed by atoms with Crippen LogP contribution in [0.5, 0.6) is 0 Å². The third kappa shape index (κ3) is 4.17. The maximum absolute atomic E-state index is 11.8. The summed E-state index contributed by atoms with van der Waals surface area (Å²) in [4.78, 5) is 19.9. The fourth-order valence-electron chi connectivity index (χ4n) is 1.81. The summed E-state index contributed by atoms with van der Waals surface area (Å²) in [5.41, 5.74) is 8.20.